The van der Waals surface area contributed by atoms with E-state index in [1.807, 2.05) is 24.3 Å². The van der Waals surface area contributed by atoms with Gasteiger partial charge in [-0.2, -0.15) is 0 Å². The highest BCUT2D eigenvalue weighted by molar-refractivity contribution is 6.31. The van der Waals surface area contributed by atoms with Crippen molar-refractivity contribution < 1.29 is 0 Å². The number of fused-ring (bicyclic) bond motifs is 1. The first kappa shape index (κ1) is 11.7. The fourth-order valence-corrected chi connectivity index (χ4v) is 2.09. The molecule has 2 aromatic heterocycles. The zero-order valence-electron chi connectivity index (χ0n) is 9.84. The summed E-state index contributed by atoms with van der Waals surface area (Å²) in [5.41, 5.74) is 12.6. The molecule has 3 rings (SSSR count). The molecule has 0 aliphatic heterocycles. The van der Waals surface area contributed by atoms with Gasteiger partial charge in [-0.05, 0) is 23.6 Å². The van der Waals surface area contributed by atoms with E-state index in [2.05, 4.69) is 15.0 Å². The minimum Gasteiger partial charge on any atom is -0.382 e. The molecule has 0 amide bonds. The number of halogens is 1. The lowest BCUT2D eigenvalue weighted by Crippen LogP contribution is -2.02. The van der Waals surface area contributed by atoms with Crippen molar-refractivity contribution in [2.75, 3.05) is 11.5 Å². The number of nitrogens with two attached hydrogens (primary N) is 2. The Balaban J connectivity index is 2.36. The SMILES string of the molecule is Nc1cnc(N)c(-c2nccc3ccc(Cl)cc23)n1. The maximum atomic E-state index is 6.03. The van der Waals surface area contributed by atoms with E-state index >= 15 is 0 Å². The van der Waals surface area contributed by atoms with Crippen LogP contribution in [0.2, 0.25) is 5.02 Å². The van der Waals surface area contributed by atoms with Gasteiger partial charge in [0.25, 0.3) is 0 Å². The fourth-order valence-electron chi connectivity index (χ4n) is 1.92. The third kappa shape index (κ3) is 2.04. The Kier molecular flexibility index (Phi) is 2.68. The van der Waals surface area contributed by atoms with Crippen molar-refractivity contribution in [3.05, 3.63) is 41.7 Å². The van der Waals surface area contributed by atoms with Crippen LogP contribution in [0.4, 0.5) is 11.6 Å². The van der Waals surface area contributed by atoms with Gasteiger partial charge in [-0.3, -0.25) is 4.98 Å². The van der Waals surface area contributed by atoms with Gasteiger partial charge in [0.15, 0.2) is 5.82 Å². The summed E-state index contributed by atoms with van der Waals surface area (Å²) in [6.07, 6.45) is 3.10. The highest BCUT2D eigenvalue weighted by Gasteiger charge is 2.12. The van der Waals surface area contributed by atoms with Crippen molar-refractivity contribution in [3.63, 3.8) is 0 Å². The number of nitrogens with zero attached hydrogens (tertiary/aromatic N) is 3. The van der Waals surface area contributed by atoms with Crippen molar-refractivity contribution in [2.45, 2.75) is 0 Å². The van der Waals surface area contributed by atoms with Crippen LogP contribution in [0.15, 0.2) is 36.7 Å². The Bertz CT molecular complexity index is 772. The number of benzene rings is 1. The first-order valence-electron chi connectivity index (χ1n) is 5.58. The highest BCUT2D eigenvalue weighted by Crippen LogP contribution is 2.30. The van der Waals surface area contributed by atoms with Gasteiger partial charge in [-0.1, -0.05) is 17.7 Å². The highest BCUT2D eigenvalue weighted by atomic mass is 35.5. The lowest BCUT2D eigenvalue weighted by molar-refractivity contribution is 1.20. The topological polar surface area (TPSA) is 90.7 Å². The van der Waals surface area contributed by atoms with Crippen LogP contribution in [0.1, 0.15) is 0 Å². The van der Waals surface area contributed by atoms with Crippen LogP contribution in [0, 0.1) is 0 Å². The van der Waals surface area contributed by atoms with Crippen LogP contribution < -0.4 is 11.5 Å². The Labute approximate surface area is 114 Å². The number of aromatic nitrogens is 3. The molecule has 0 radical (unpaired) electrons. The monoisotopic (exact) mass is 271 g/mol. The lowest BCUT2D eigenvalue weighted by Gasteiger charge is -2.07. The average Bonchev–Trinajstić information content (AvgIpc) is 2.41. The molecule has 1 aromatic carbocycles. The van der Waals surface area contributed by atoms with Gasteiger partial charge in [0.05, 0.1) is 6.20 Å². The molecular weight excluding hydrogens is 262 g/mol. The van der Waals surface area contributed by atoms with Gasteiger partial charge in [0.2, 0.25) is 0 Å². The smallest absolute Gasteiger partial charge is 0.151 e. The van der Waals surface area contributed by atoms with E-state index in [4.69, 9.17) is 23.1 Å². The Hall–Kier alpha value is -2.40. The predicted octanol–water partition coefficient (Wildman–Crippen LogP) is 2.51. The number of hydrogen-bond donors (Lipinski definition) is 2. The maximum Gasteiger partial charge on any atom is 0.151 e. The zero-order valence-corrected chi connectivity index (χ0v) is 10.6. The maximum absolute atomic E-state index is 6.03. The summed E-state index contributed by atoms with van der Waals surface area (Å²) in [5, 5.41) is 2.48. The molecule has 6 heteroatoms. The van der Waals surface area contributed by atoms with Gasteiger partial charge in [-0.15, -0.1) is 0 Å². The number of pyridine rings is 1. The van der Waals surface area contributed by atoms with Crippen molar-refractivity contribution in [3.8, 4) is 11.4 Å². The van der Waals surface area contributed by atoms with Crippen LogP contribution in [0.3, 0.4) is 0 Å². The second kappa shape index (κ2) is 4.37. The minimum atomic E-state index is 0.286. The summed E-state index contributed by atoms with van der Waals surface area (Å²) in [5.74, 6) is 0.583. The molecule has 0 atom stereocenters. The zero-order chi connectivity index (χ0) is 13.4. The quantitative estimate of drug-likeness (QED) is 0.710. The first-order chi connectivity index (χ1) is 9.15. The minimum absolute atomic E-state index is 0.286. The fraction of sp³-hybridized carbons (Fsp3) is 0. The second-order valence-electron chi connectivity index (χ2n) is 4.05. The molecule has 0 bridgehead atoms. The molecular formula is C13H10ClN5. The normalized spacial score (nSPS) is 10.8. The number of anilines is 2. The summed E-state index contributed by atoms with van der Waals surface area (Å²) in [6.45, 7) is 0. The van der Waals surface area contributed by atoms with Crippen LogP contribution >= 0.6 is 11.6 Å². The third-order valence-corrected chi connectivity index (χ3v) is 3.01. The molecule has 94 valence electrons. The number of hydrogen-bond acceptors (Lipinski definition) is 5. The summed E-state index contributed by atoms with van der Waals surface area (Å²) in [4.78, 5) is 12.5. The number of rotatable bonds is 1. The molecule has 5 nitrogen and oxygen atoms in total. The van der Waals surface area contributed by atoms with Crippen LogP contribution in [-0.2, 0) is 0 Å². The van der Waals surface area contributed by atoms with Gasteiger partial charge in [0.1, 0.15) is 17.2 Å². The summed E-state index contributed by atoms with van der Waals surface area (Å²) >= 11 is 6.03. The second-order valence-corrected chi connectivity index (χ2v) is 4.49. The summed E-state index contributed by atoms with van der Waals surface area (Å²) < 4.78 is 0. The van der Waals surface area contributed by atoms with E-state index in [1.165, 1.54) is 6.20 Å². The van der Waals surface area contributed by atoms with Crippen LogP contribution in [-0.4, -0.2) is 15.0 Å². The van der Waals surface area contributed by atoms with Crippen molar-refractivity contribution in [1.82, 2.24) is 15.0 Å². The van der Waals surface area contributed by atoms with E-state index in [-0.39, 0.29) is 5.82 Å². The molecule has 3 aromatic rings. The molecule has 0 fully saturated rings. The van der Waals surface area contributed by atoms with E-state index in [0.717, 1.165) is 10.8 Å². The molecule has 0 aliphatic carbocycles. The van der Waals surface area contributed by atoms with Gasteiger partial charge in [0, 0.05) is 16.6 Å². The van der Waals surface area contributed by atoms with Gasteiger partial charge < -0.3 is 11.5 Å². The third-order valence-electron chi connectivity index (χ3n) is 2.77. The molecule has 19 heavy (non-hydrogen) atoms. The Morgan fingerprint density at radius 3 is 2.68 bits per heavy atom. The van der Waals surface area contributed by atoms with Crippen LogP contribution in [0.5, 0.6) is 0 Å². The molecule has 4 N–H and O–H groups in total. The number of nitrogen functional groups attached to an aromatic ring is 2. The molecule has 0 saturated heterocycles. The lowest BCUT2D eigenvalue weighted by atomic mass is 10.1. The predicted molar refractivity (Wildman–Crippen MR) is 76.6 cm³/mol. The van der Waals surface area contributed by atoms with Crippen molar-refractivity contribution in [1.29, 1.82) is 0 Å². The summed E-state index contributed by atoms with van der Waals surface area (Å²) in [6, 6.07) is 7.45. The molecule has 0 saturated carbocycles. The van der Waals surface area contributed by atoms with Crippen molar-refractivity contribution >= 4 is 34.0 Å². The van der Waals surface area contributed by atoms with E-state index in [9.17, 15) is 0 Å². The van der Waals surface area contributed by atoms with Gasteiger partial charge >= 0.3 is 0 Å². The Morgan fingerprint density at radius 2 is 1.84 bits per heavy atom. The van der Waals surface area contributed by atoms with E-state index < -0.39 is 0 Å². The molecule has 0 spiro atoms. The van der Waals surface area contributed by atoms with Gasteiger partial charge in [-0.25, -0.2) is 9.97 Å². The van der Waals surface area contributed by atoms with E-state index in [0.29, 0.717) is 22.2 Å². The molecule has 0 aliphatic rings. The standard InChI is InChI=1S/C13H10ClN5/c14-8-2-1-7-3-4-17-11(9(7)5-8)12-13(16)18-6-10(15)19-12/h1-6H,(H2,15,19)(H2,16,18). The first-order valence-corrected chi connectivity index (χ1v) is 5.95. The van der Waals surface area contributed by atoms with Crippen molar-refractivity contribution in [2.24, 2.45) is 0 Å². The average molecular weight is 272 g/mol. The Morgan fingerprint density at radius 1 is 1.00 bits per heavy atom. The molecule has 0 unspecified atom stereocenters. The van der Waals surface area contributed by atoms with Crippen LogP contribution in [0.25, 0.3) is 22.2 Å². The molecule has 2 heterocycles. The largest absolute Gasteiger partial charge is 0.382 e. The summed E-state index contributed by atoms with van der Waals surface area (Å²) in [7, 11) is 0. The van der Waals surface area contributed by atoms with E-state index in [1.54, 1.807) is 6.20 Å².